The minimum absolute atomic E-state index is 0.0973. The lowest BCUT2D eigenvalue weighted by Crippen LogP contribution is -2.39. The van der Waals surface area contributed by atoms with Crippen LogP contribution in [0.5, 0.6) is 11.5 Å². The quantitative estimate of drug-likeness (QED) is 0.874. The molecule has 21 heavy (non-hydrogen) atoms. The molecule has 0 spiro atoms. The lowest BCUT2D eigenvalue weighted by atomic mass is 10.2. The van der Waals surface area contributed by atoms with E-state index in [9.17, 15) is 0 Å². The second kappa shape index (κ2) is 5.65. The number of hydrogen-bond acceptors (Lipinski definition) is 6. The third kappa shape index (κ3) is 3.11. The van der Waals surface area contributed by atoms with E-state index in [1.165, 1.54) is 0 Å². The van der Waals surface area contributed by atoms with Crippen molar-refractivity contribution in [2.75, 3.05) is 30.8 Å². The zero-order valence-electron chi connectivity index (χ0n) is 11.5. The number of nitrogens with zero attached hydrogens (tertiary/aromatic N) is 3. The first kappa shape index (κ1) is 13.8. The van der Waals surface area contributed by atoms with Gasteiger partial charge >= 0.3 is 0 Å². The predicted molar refractivity (Wildman–Crippen MR) is 81.1 cm³/mol. The average Bonchev–Trinajstić information content (AvgIpc) is 2.46. The van der Waals surface area contributed by atoms with Gasteiger partial charge in [-0.1, -0.05) is 23.7 Å². The molecule has 0 saturated carbocycles. The number of aromatic nitrogens is 2. The van der Waals surface area contributed by atoms with Crippen LogP contribution >= 0.6 is 11.6 Å². The summed E-state index contributed by atoms with van der Waals surface area (Å²) in [7, 11) is 1.89. The Labute approximate surface area is 127 Å². The molecule has 2 heterocycles. The third-order valence-corrected chi connectivity index (χ3v) is 3.33. The van der Waals surface area contributed by atoms with Crippen molar-refractivity contribution in [3.63, 3.8) is 0 Å². The molecule has 1 aliphatic heterocycles. The fourth-order valence-corrected chi connectivity index (χ4v) is 2.35. The van der Waals surface area contributed by atoms with Gasteiger partial charge in [-0.2, -0.15) is 4.98 Å². The summed E-state index contributed by atoms with van der Waals surface area (Å²) in [4.78, 5) is 9.91. The van der Waals surface area contributed by atoms with E-state index in [1.54, 1.807) is 6.07 Å². The highest BCUT2D eigenvalue weighted by Crippen LogP contribution is 2.31. The Morgan fingerprint density at radius 1 is 1.33 bits per heavy atom. The molecule has 0 aliphatic carbocycles. The van der Waals surface area contributed by atoms with Crippen LogP contribution in [0.1, 0.15) is 0 Å². The topological polar surface area (TPSA) is 73.5 Å². The van der Waals surface area contributed by atoms with Crippen LogP contribution in [0.15, 0.2) is 30.3 Å². The molecule has 0 bridgehead atoms. The number of ether oxygens (including phenoxy) is 2. The number of fused-ring (bicyclic) bond motifs is 1. The van der Waals surface area contributed by atoms with Gasteiger partial charge in [-0.05, 0) is 12.1 Å². The van der Waals surface area contributed by atoms with E-state index in [2.05, 4.69) is 9.97 Å². The normalized spacial score (nSPS) is 16.6. The molecular formula is C14H15ClN4O2. The molecule has 6 nitrogen and oxygen atoms in total. The zero-order valence-corrected chi connectivity index (χ0v) is 12.2. The van der Waals surface area contributed by atoms with Gasteiger partial charge in [0.05, 0.1) is 6.54 Å². The van der Waals surface area contributed by atoms with Gasteiger partial charge in [-0.3, -0.25) is 0 Å². The lowest BCUT2D eigenvalue weighted by Gasteiger charge is -2.30. The molecule has 1 aromatic carbocycles. The van der Waals surface area contributed by atoms with Crippen LogP contribution in [0.25, 0.3) is 0 Å². The van der Waals surface area contributed by atoms with Crippen molar-refractivity contribution in [1.82, 2.24) is 9.97 Å². The highest BCUT2D eigenvalue weighted by atomic mass is 35.5. The summed E-state index contributed by atoms with van der Waals surface area (Å²) in [6.07, 6.45) is -0.0973. The van der Waals surface area contributed by atoms with Crippen molar-refractivity contribution in [3.8, 4) is 11.5 Å². The fourth-order valence-electron chi connectivity index (χ4n) is 2.17. The van der Waals surface area contributed by atoms with Gasteiger partial charge in [-0.15, -0.1) is 0 Å². The number of nitrogen functional groups attached to an aromatic ring is 1. The van der Waals surface area contributed by atoms with Crippen LogP contribution in [0.4, 0.5) is 11.8 Å². The standard InChI is InChI=1S/C14H15ClN4O2/c1-19(13-6-12(15)17-14(16)18-13)7-9-8-20-10-4-2-3-5-11(10)21-9/h2-6,9H,7-8H2,1H3,(H2,16,17,18)/t9-/m1/s1. The molecule has 0 saturated heterocycles. The van der Waals surface area contributed by atoms with E-state index in [0.717, 1.165) is 11.5 Å². The second-order valence-corrected chi connectivity index (χ2v) is 5.17. The molecule has 0 unspecified atom stereocenters. The minimum atomic E-state index is -0.0973. The Kier molecular flexibility index (Phi) is 3.70. The van der Waals surface area contributed by atoms with Gasteiger partial charge in [0.15, 0.2) is 17.6 Å². The van der Waals surface area contributed by atoms with Crippen LogP contribution < -0.4 is 20.1 Å². The molecule has 0 radical (unpaired) electrons. The number of likely N-dealkylation sites (N-methyl/N-ethyl adjacent to an activating group) is 1. The molecule has 7 heteroatoms. The molecular weight excluding hydrogens is 292 g/mol. The van der Waals surface area contributed by atoms with Crippen molar-refractivity contribution in [3.05, 3.63) is 35.5 Å². The Balaban J connectivity index is 1.70. The average molecular weight is 307 g/mol. The zero-order chi connectivity index (χ0) is 14.8. The van der Waals surface area contributed by atoms with E-state index in [1.807, 2.05) is 36.2 Å². The van der Waals surface area contributed by atoms with E-state index in [4.69, 9.17) is 26.8 Å². The number of hydrogen-bond donors (Lipinski definition) is 1. The number of rotatable bonds is 3. The molecule has 0 fully saturated rings. The summed E-state index contributed by atoms with van der Waals surface area (Å²) in [5.74, 6) is 2.32. The minimum Gasteiger partial charge on any atom is -0.486 e. The van der Waals surface area contributed by atoms with Crippen molar-refractivity contribution in [2.24, 2.45) is 0 Å². The number of benzene rings is 1. The van der Waals surface area contributed by atoms with Crippen molar-refractivity contribution in [2.45, 2.75) is 6.10 Å². The molecule has 2 N–H and O–H groups in total. The van der Waals surface area contributed by atoms with Gasteiger partial charge in [0.25, 0.3) is 0 Å². The highest BCUT2D eigenvalue weighted by molar-refractivity contribution is 6.29. The van der Waals surface area contributed by atoms with Gasteiger partial charge in [0.2, 0.25) is 5.95 Å². The first-order chi connectivity index (χ1) is 10.1. The molecule has 3 rings (SSSR count). The van der Waals surface area contributed by atoms with Gasteiger partial charge < -0.3 is 20.1 Å². The number of anilines is 2. The van der Waals surface area contributed by atoms with Crippen LogP contribution in [0.3, 0.4) is 0 Å². The van der Waals surface area contributed by atoms with E-state index in [-0.39, 0.29) is 12.1 Å². The SMILES string of the molecule is CN(C[C@@H]1COc2ccccc2O1)c1cc(Cl)nc(N)n1. The second-order valence-electron chi connectivity index (χ2n) is 4.79. The van der Waals surface area contributed by atoms with E-state index >= 15 is 0 Å². The number of halogens is 1. The van der Waals surface area contributed by atoms with Crippen LogP contribution in [0, 0.1) is 0 Å². The maximum Gasteiger partial charge on any atom is 0.223 e. The number of para-hydroxylation sites is 2. The number of nitrogens with two attached hydrogens (primary N) is 1. The lowest BCUT2D eigenvalue weighted by molar-refractivity contribution is 0.0959. The fraction of sp³-hybridized carbons (Fsp3) is 0.286. The highest BCUT2D eigenvalue weighted by Gasteiger charge is 2.22. The van der Waals surface area contributed by atoms with Crippen molar-refractivity contribution >= 4 is 23.4 Å². The smallest absolute Gasteiger partial charge is 0.223 e. The van der Waals surface area contributed by atoms with Gasteiger partial charge in [-0.25, -0.2) is 4.98 Å². The largest absolute Gasteiger partial charge is 0.486 e. The molecule has 0 amide bonds. The maximum absolute atomic E-state index is 5.91. The van der Waals surface area contributed by atoms with Gasteiger partial charge in [0, 0.05) is 13.1 Å². The summed E-state index contributed by atoms with van der Waals surface area (Å²) in [6, 6.07) is 9.27. The Morgan fingerprint density at radius 3 is 2.86 bits per heavy atom. The Hall–Kier alpha value is -2.21. The molecule has 110 valence electrons. The Bertz CT molecular complexity index is 632. The van der Waals surface area contributed by atoms with Crippen molar-refractivity contribution in [1.29, 1.82) is 0 Å². The summed E-state index contributed by atoms with van der Waals surface area (Å²) in [5, 5.41) is 0.315. The molecule has 1 atom stereocenters. The van der Waals surface area contributed by atoms with Crippen LogP contribution in [0.2, 0.25) is 5.15 Å². The molecule has 1 aliphatic rings. The van der Waals surface area contributed by atoms with E-state index in [0.29, 0.717) is 24.1 Å². The third-order valence-electron chi connectivity index (χ3n) is 3.13. The first-order valence-corrected chi connectivity index (χ1v) is 6.89. The summed E-state index contributed by atoms with van der Waals surface area (Å²) < 4.78 is 11.6. The van der Waals surface area contributed by atoms with E-state index < -0.39 is 0 Å². The molecule has 1 aromatic heterocycles. The monoisotopic (exact) mass is 306 g/mol. The molecule has 2 aromatic rings. The van der Waals surface area contributed by atoms with Crippen LogP contribution in [-0.4, -0.2) is 36.3 Å². The maximum atomic E-state index is 5.91. The summed E-state index contributed by atoms with van der Waals surface area (Å²) in [6.45, 7) is 1.08. The summed E-state index contributed by atoms with van der Waals surface area (Å²) >= 11 is 5.89. The predicted octanol–water partition coefficient (Wildman–Crippen LogP) is 1.99. The Morgan fingerprint density at radius 2 is 2.10 bits per heavy atom. The van der Waals surface area contributed by atoms with Gasteiger partial charge in [0.1, 0.15) is 17.6 Å². The summed E-state index contributed by atoms with van der Waals surface area (Å²) in [5.41, 5.74) is 5.60. The first-order valence-electron chi connectivity index (χ1n) is 6.51. The van der Waals surface area contributed by atoms with Crippen molar-refractivity contribution < 1.29 is 9.47 Å². The van der Waals surface area contributed by atoms with Crippen LogP contribution in [-0.2, 0) is 0 Å².